The molecule has 0 aromatic carbocycles. The third-order valence-electron chi connectivity index (χ3n) is 7.02. The van der Waals surface area contributed by atoms with E-state index in [1.165, 1.54) is 38.5 Å². The molecule has 0 aromatic heterocycles. The van der Waals surface area contributed by atoms with Gasteiger partial charge in [0.15, 0.2) is 30.6 Å². The highest BCUT2D eigenvalue weighted by atomic mass is 16.7. The van der Waals surface area contributed by atoms with Crippen LogP contribution in [0.5, 0.6) is 0 Å². The Morgan fingerprint density at radius 2 is 1.18 bits per heavy atom. The van der Waals surface area contributed by atoms with E-state index in [9.17, 15) is 33.9 Å². The summed E-state index contributed by atoms with van der Waals surface area (Å²) in [5, 5.41) is 12.2. The zero-order valence-corrected chi connectivity index (χ0v) is 27.2. The Kier molecular flexibility index (Phi) is 19.7. The highest BCUT2D eigenvalue weighted by Gasteiger charge is 2.53. The van der Waals surface area contributed by atoms with Gasteiger partial charge in [0.1, 0.15) is 12.7 Å². The number of carboxylic acid groups (broad SMARTS) is 1. The maximum absolute atomic E-state index is 12.5. The van der Waals surface area contributed by atoms with E-state index in [4.69, 9.17) is 28.4 Å². The number of hydrogen-bond donors (Lipinski definition) is 2. The molecule has 6 atom stereocenters. The van der Waals surface area contributed by atoms with Crippen LogP contribution >= 0.6 is 0 Å². The predicted molar refractivity (Wildman–Crippen MR) is 159 cm³/mol. The van der Waals surface area contributed by atoms with Crippen LogP contribution in [0.3, 0.4) is 0 Å². The van der Waals surface area contributed by atoms with Crippen molar-refractivity contribution >= 4 is 35.8 Å². The fourth-order valence-electron chi connectivity index (χ4n) is 4.90. The number of esters is 4. The molecule has 1 heterocycles. The number of nitrogens with one attached hydrogen (secondary N) is 1. The monoisotopic (exact) mass is 645 g/mol. The number of hydrogen-bond acceptors (Lipinski definition) is 12. The fourth-order valence-corrected chi connectivity index (χ4v) is 4.90. The highest BCUT2D eigenvalue weighted by Crippen LogP contribution is 2.30. The lowest BCUT2D eigenvalue weighted by atomic mass is 9.98. The molecule has 0 radical (unpaired) electrons. The molecule has 1 aliphatic rings. The zero-order valence-electron chi connectivity index (χ0n) is 27.2. The molecule has 258 valence electrons. The second-order valence-electron chi connectivity index (χ2n) is 11.1. The van der Waals surface area contributed by atoms with Crippen LogP contribution in [-0.2, 0) is 57.2 Å². The lowest BCUT2D eigenvalue weighted by Gasteiger charge is -2.44. The number of ether oxygens (including phenoxy) is 6. The Morgan fingerprint density at radius 1 is 0.689 bits per heavy atom. The van der Waals surface area contributed by atoms with Gasteiger partial charge < -0.3 is 38.8 Å². The minimum atomic E-state index is -1.56. The second-order valence-corrected chi connectivity index (χ2v) is 11.1. The standard InChI is InChI=1S/C31H51NO13/c1-6-7-8-9-10-11-12-13-14-15-16-17-26(37)32-24(30(38)39)18-41-31-29(44-23(5)36)28(43-22(4)35)27(42-21(3)34)25(45-31)19-40-20(2)33/h24-25,27-29,31H,6-19H2,1-5H3,(H,32,37)(H,38,39)/t24?,25-,27+,28+,29-,31-/m1/s1. The van der Waals surface area contributed by atoms with Crippen LogP contribution in [0, 0.1) is 0 Å². The summed E-state index contributed by atoms with van der Waals surface area (Å²) in [5.74, 6) is -4.98. The molecule has 1 aliphatic heterocycles. The molecule has 45 heavy (non-hydrogen) atoms. The van der Waals surface area contributed by atoms with Gasteiger partial charge in [-0.15, -0.1) is 0 Å². The molecule has 1 amide bonds. The third-order valence-corrected chi connectivity index (χ3v) is 7.02. The van der Waals surface area contributed by atoms with Crippen molar-refractivity contribution in [2.45, 2.75) is 148 Å². The summed E-state index contributed by atoms with van der Waals surface area (Å²) >= 11 is 0. The van der Waals surface area contributed by atoms with Crippen molar-refractivity contribution in [2.24, 2.45) is 0 Å². The molecular weight excluding hydrogens is 594 g/mol. The van der Waals surface area contributed by atoms with Crippen molar-refractivity contribution in [3.8, 4) is 0 Å². The van der Waals surface area contributed by atoms with Crippen molar-refractivity contribution in [1.29, 1.82) is 0 Å². The van der Waals surface area contributed by atoms with Crippen LogP contribution in [0.1, 0.15) is 112 Å². The summed E-state index contributed by atoms with van der Waals surface area (Å²) in [6.07, 6.45) is 5.23. The Morgan fingerprint density at radius 3 is 1.67 bits per heavy atom. The average molecular weight is 646 g/mol. The third kappa shape index (κ3) is 17.1. The summed E-state index contributed by atoms with van der Waals surface area (Å²) < 4.78 is 32.4. The molecule has 0 saturated carbocycles. The van der Waals surface area contributed by atoms with Crippen LogP contribution in [0.2, 0.25) is 0 Å². The number of carbonyl (C=O) groups excluding carboxylic acids is 5. The van der Waals surface area contributed by atoms with E-state index in [1.807, 2.05) is 0 Å². The Hall–Kier alpha value is -3.26. The van der Waals surface area contributed by atoms with E-state index in [0.29, 0.717) is 6.42 Å². The van der Waals surface area contributed by atoms with Gasteiger partial charge in [-0.25, -0.2) is 4.79 Å². The number of carbonyl (C=O) groups is 6. The van der Waals surface area contributed by atoms with E-state index in [1.54, 1.807) is 0 Å². The van der Waals surface area contributed by atoms with Gasteiger partial charge >= 0.3 is 29.8 Å². The van der Waals surface area contributed by atoms with Crippen molar-refractivity contribution in [3.05, 3.63) is 0 Å². The normalized spacial score (nSPS) is 21.7. The van der Waals surface area contributed by atoms with E-state index in [0.717, 1.165) is 53.4 Å². The second kappa shape index (κ2) is 22.3. The van der Waals surface area contributed by atoms with E-state index < -0.39 is 85.7 Å². The summed E-state index contributed by atoms with van der Waals surface area (Å²) in [4.78, 5) is 71.7. The largest absolute Gasteiger partial charge is 0.480 e. The first-order valence-corrected chi connectivity index (χ1v) is 15.8. The SMILES string of the molecule is CCCCCCCCCCCCCC(=O)NC(CO[C@@H]1O[C@H](COC(C)=O)[C@H](OC(C)=O)[C@H](OC(C)=O)[C@H]1OC(C)=O)C(=O)O. The first-order chi connectivity index (χ1) is 21.3. The topological polar surface area (TPSA) is 190 Å². The number of rotatable bonds is 22. The highest BCUT2D eigenvalue weighted by molar-refractivity contribution is 5.83. The van der Waals surface area contributed by atoms with Gasteiger partial charge in [0.25, 0.3) is 0 Å². The van der Waals surface area contributed by atoms with E-state index in [2.05, 4.69) is 12.2 Å². The van der Waals surface area contributed by atoms with Gasteiger partial charge in [-0.05, 0) is 6.42 Å². The summed E-state index contributed by atoms with van der Waals surface area (Å²) in [7, 11) is 0. The predicted octanol–water partition coefficient (Wildman–Crippen LogP) is 3.36. The van der Waals surface area contributed by atoms with Crippen molar-refractivity contribution < 1.29 is 62.3 Å². The Balaban J connectivity index is 2.81. The summed E-state index contributed by atoms with van der Waals surface area (Å²) in [6, 6.07) is -1.49. The molecule has 1 fully saturated rings. The molecular formula is C31H51NO13. The minimum Gasteiger partial charge on any atom is -0.480 e. The summed E-state index contributed by atoms with van der Waals surface area (Å²) in [5.41, 5.74) is 0. The van der Waals surface area contributed by atoms with Crippen LogP contribution in [0.25, 0.3) is 0 Å². The zero-order chi connectivity index (χ0) is 33.8. The molecule has 0 aromatic rings. The average Bonchev–Trinajstić information content (AvgIpc) is 2.94. The number of carboxylic acids is 1. The van der Waals surface area contributed by atoms with Crippen LogP contribution in [-0.4, -0.2) is 90.8 Å². The van der Waals surface area contributed by atoms with Crippen molar-refractivity contribution in [2.75, 3.05) is 13.2 Å². The number of aliphatic carboxylic acids is 1. The number of amides is 1. The molecule has 1 rings (SSSR count). The summed E-state index contributed by atoms with van der Waals surface area (Å²) in [6.45, 7) is 5.50. The lowest BCUT2D eigenvalue weighted by molar-refractivity contribution is -0.308. The molecule has 0 bridgehead atoms. The Bertz CT molecular complexity index is 956. The molecule has 1 unspecified atom stereocenters. The first kappa shape index (κ1) is 39.8. The van der Waals surface area contributed by atoms with Crippen LogP contribution in [0.4, 0.5) is 0 Å². The van der Waals surface area contributed by atoms with Crippen LogP contribution in [0.15, 0.2) is 0 Å². The maximum Gasteiger partial charge on any atom is 0.328 e. The van der Waals surface area contributed by atoms with Gasteiger partial charge in [0.05, 0.1) is 6.61 Å². The van der Waals surface area contributed by atoms with Gasteiger partial charge in [0.2, 0.25) is 5.91 Å². The quantitative estimate of drug-likeness (QED) is 0.0991. The fraction of sp³-hybridized carbons (Fsp3) is 0.806. The van der Waals surface area contributed by atoms with Gasteiger partial charge in [0, 0.05) is 34.1 Å². The number of unbranched alkanes of at least 4 members (excludes halogenated alkanes) is 10. The first-order valence-electron chi connectivity index (χ1n) is 15.8. The van der Waals surface area contributed by atoms with Gasteiger partial charge in [-0.3, -0.25) is 24.0 Å². The Labute approximate surface area is 265 Å². The van der Waals surface area contributed by atoms with E-state index in [-0.39, 0.29) is 6.42 Å². The molecule has 14 nitrogen and oxygen atoms in total. The van der Waals surface area contributed by atoms with Crippen molar-refractivity contribution in [1.82, 2.24) is 5.32 Å². The van der Waals surface area contributed by atoms with Gasteiger partial charge in [-0.2, -0.15) is 0 Å². The minimum absolute atomic E-state index is 0.139. The molecule has 1 saturated heterocycles. The smallest absolute Gasteiger partial charge is 0.328 e. The maximum atomic E-state index is 12.5. The van der Waals surface area contributed by atoms with Crippen molar-refractivity contribution in [3.63, 3.8) is 0 Å². The van der Waals surface area contributed by atoms with Crippen LogP contribution < -0.4 is 5.32 Å². The lowest BCUT2D eigenvalue weighted by Crippen LogP contribution is -2.63. The van der Waals surface area contributed by atoms with E-state index >= 15 is 0 Å². The van der Waals surface area contributed by atoms with Gasteiger partial charge in [-0.1, -0.05) is 71.1 Å². The molecule has 0 spiro atoms. The molecule has 0 aliphatic carbocycles. The molecule has 2 N–H and O–H groups in total. The molecule has 14 heteroatoms.